The van der Waals surface area contributed by atoms with Crippen molar-refractivity contribution in [3.05, 3.63) is 0 Å². The first-order valence-corrected chi connectivity index (χ1v) is 4.52. The van der Waals surface area contributed by atoms with E-state index in [2.05, 4.69) is 0 Å². The molecule has 4 nitrogen and oxygen atoms in total. The predicted molar refractivity (Wildman–Crippen MR) is 46.3 cm³/mol. The van der Waals surface area contributed by atoms with Gasteiger partial charge in [-0.1, -0.05) is 0 Å². The van der Waals surface area contributed by atoms with Gasteiger partial charge in [0.05, 0.1) is 12.7 Å². The predicted octanol–water partition coefficient (Wildman–Crippen LogP) is 1.32. The molecule has 0 aromatic heterocycles. The Labute approximate surface area is 77.8 Å². The van der Waals surface area contributed by atoms with Gasteiger partial charge in [-0.3, -0.25) is 0 Å². The van der Waals surface area contributed by atoms with E-state index in [1.54, 1.807) is 13.8 Å². The third kappa shape index (κ3) is 3.22. The van der Waals surface area contributed by atoms with Gasteiger partial charge in [0, 0.05) is 5.41 Å². The first-order chi connectivity index (χ1) is 6.08. The maximum absolute atomic E-state index is 10.9. The highest BCUT2D eigenvalue weighted by Crippen LogP contribution is 2.45. The van der Waals surface area contributed by atoms with E-state index < -0.39 is 6.16 Å². The van der Waals surface area contributed by atoms with Crippen LogP contribution in [-0.2, 0) is 9.47 Å². The molecule has 0 bridgehead atoms. The van der Waals surface area contributed by atoms with Crippen LogP contribution in [0.3, 0.4) is 0 Å². The third-order valence-electron chi connectivity index (χ3n) is 2.12. The maximum Gasteiger partial charge on any atom is 0.508 e. The van der Waals surface area contributed by atoms with Gasteiger partial charge in [0.25, 0.3) is 0 Å². The summed E-state index contributed by atoms with van der Waals surface area (Å²) in [7, 11) is 0. The number of carbonyl (C=O) groups excluding carboxylic acids is 1. The Bertz CT molecular complexity index is 184. The van der Waals surface area contributed by atoms with Crippen LogP contribution < -0.4 is 0 Å². The minimum atomic E-state index is -0.644. The molecule has 0 atom stereocenters. The van der Waals surface area contributed by atoms with Gasteiger partial charge in [0.1, 0.15) is 6.61 Å². The molecule has 4 heteroatoms. The van der Waals surface area contributed by atoms with Crippen molar-refractivity contribution in [3.8, 4) is 0 Å². The molecule has 0 heterocycles. The van der Waals surface area contributed by atoms with Gasteiger partial charge in [0.2, 0.25) is 0 Å². The second-order valence-electron chi connectivity index (χ2n) is 3.86. The second kappa shape index (κ2) is 3.96. The highest BCUT2D eigenvalue weighted by atomic mass is 16.7. The van der Waals surface area contributed by atoms with E-state index in [-0.39, 0.29) is 24.7 Å². The molecule has 1 aliphatic rings. The van der Waals surface area contributed by atoms with Gasteiger partial charge in [-0.05, 0) is 26.7 Å². The Kier molecular flexibility index (Phi) is 3.14. The van der Waals surface area contributed by atoms with Crippen molar-refractivity contribution >= 4 is 6.16 Å². The van der Waals surface area contributed by atoms with Crippen LogP contribution in [0.2, 0.25) is 0 Å². The normalized spacial score (nSPS) is 18.5. The van der Waals surface area contributed by atoms with Crippen LogP contribution in [0, 0.1) is 5.41 Å². The summed E-state index contributed by atoms with van der Waals surface area (Å²) in [6.45, 7) is 3.89. The van der Waals surface area contributed by atoms with Crippen LogP contribution in [0.25, 0.3) is 0 Å². The van der Waals surface area contributed by atoms with Crippen LogP contribution in [0.5, 0.6) is 0 Å². The molecule has 0 spiro atoms. The summed E-state index contributed by atoms with van der Waals surface area (Å²) in [5.41, 5.74) is -0.157. The minimum absolute atomic E-state index is 0.0853. The molecule has 0 saturated heterocycles. The lowest BCUT2D eigenvalue weighted by atomic mass is 10.1. The van der Waals surface area contributed by atoms with Gasteiger partial charge in [-0.25, -0.2) is 4.79 Å². The highest BCUT2D eigenvalue weighted by molar-refractivity contribution is 5.60. The van der Waals surface area contributed by atoms with E-state index in [1.807, 2.05) is 0 Å². The summed E-state index contributed by atoms with van der Waals surface area (Å²) >= 11 is 0. The lowest BCUT2D eigenvalue weighted by Gasteiger charge is -2.13. The second-order valence-corrected chi connectivity index (χ2v) is 3.86. The average molecular weight is 188 g/mol. The van der Waals surface area contributed by atoms with E-state index in [4.69, 9.17) is 14.6 Å². The van der Waals surface area contributed by atoms with E-state index in [0.29, 0.717) is 0 Å². The van der Waals surface area contributed by atoms with E-state index in [0.717, 1.165) is 12.8 Å². The zero-order valence-electron chi connectivity index (χ0n) is 8.08. The molecule has 0 amide bonds. The number of hydrogen-bond donors (Lipinski definition) is 1. The minimum Gasteiger partial charge on any atom is -0.434 e. The molecule has 0 unspecified atom stereocenters. The Balaban J connectivity index is 2.15. The van der Waals surface area contributed by atoms with Gasteiger partial charge >= 0.3 is 6.16 Å². The zero-order valence-corrected chi connectivity index (χ0v) is 8.08. The Morgan fingerprint density at radius 2 is 2.15 bits per heavy atom. The molecule has 76 valence electrons. The molecular formula is C9H16O4. The fraction of sp³-hybridized carbons (Fsp3) is 0.889. The lowest BCUT2D eigenvalue weighted by Crippen LogP contribution is -2.20. The summed E-state index contributed by atoms with van der Waals surface area (Å²) in [5.74, 6) is 0. The average Bonchev–Trinajstić information content (AvgIpc) is 2.80. The van der Waals surface area contributed by atoms with Gasteiger partial charge in [0.15, 0.2) is 0 Å². The molecule has 13 heavy (non-hydrogen) atoms. The van der Waals surface area contributed by atoms with Crippen LogP contribution in [0.1, 0.15) is 26.7 Å². The van der Waals surface area contributed by atoms with Crippen LogP contribution >= 0.6 is 0 Å². The number of carbonyl (C=O) groups is 1. The number of aliphatic hydroxyl groups is 1. The summed E-state index contributed by atoms with van der Waals surface area (Å²) in [6, 6.07) is 0. The number of hydrogen-bond acceptors (Lipinski definition) is 4. The maximum atomic E-state index is 10.9. The molecule has 0 aliphatic heterocycles. The van der Waals surface area contributed by atoms with Crippen molar-refractivity contribution < 1.29 is 19.4 Å². The fourth-order valence-corrected chi connectivity index (χ4v) is 0.963. The van der Waals surface area contributed by atoms with Gasteiger partial charge < -0.3 is 14.6 Å². The first-order valence-electron chi connectivity index (χ1n) is 4.52. The molecule has 1 aliphatic carbocycles. The zero-order chi connectivity index (χ0) is 9.90. The van der Waals surface area contributed by atoms with E-state index >= 15 is 0 Å². The SMILES string of the molecule is CC(C)OC(=O)OCC1(CO)CC1. The van der Waals surface area contributed by atoms with Crippen molar-refractivity contribution in [1.29, 1.82) is 0 Å². The Morgan fingerprint density at radius 1 is 1.54 bits per heavy atom. The largest absolute Gasteiger partial charge is 0.508 e. The topological polar surface area (TPSA) is 55.8 Å². The fourth-order valence-electron chi connectivity index (χ4n) is 0.963. The van der Waals surface area contributed by atoms with Gasteiger partial charge in [-0.2, -0.15) is 0 Å². The van der Waals surface area contributed by atoms with Crippen LogP contribution in [0.4, 0.5) is 4.79 Å². The molecular weight excluding hydrogens is 172 g/mol. The molecule has 1 rings (SSSR count). The van der Waals surface area contributed by atoms with Crippen LogP contribution in [-0.4, -0.2) is 30.6 Å². The summed E-state index contributed by atoms with van der Waals surface area (Å²) < 4.78 is 9.62. The van der Waals surface area contributed by atoms with Crippen molar-refractivity contribution in [3.63, 3.8) is 0 Å². The smallest absolute Gasteiger partial charge is 0.434 e. The Morgan fingerprint density at radius 3 is 2.54 bits per heavy atom. The molecule has 0 aromatic rings. The van der Waals surface area contributed by atoms with Crippen molar-refractivity contribution in [2.75, 3.05) is 13.2 Å². The number of aliphatic hydroxyl groups excluding tert-OH is 1. The van der Waals surface area contributed by atoms with E-state index in [1.165, 1.54) is 0 Å². The summed E-state index contributed by atoms with van der Waals surface area (Å²) in [4.78, 5) is 10.9. The standard InChI is InChI=1S/C9H16O4/c1-7(2)13-8(11)12-6-9(5-10)3-4-9/h7,10H,3-6H2,1-2H3. The van der Waals surface area contributed by atoms with Gasteiger partial charge in [-0.15, -0.1) is 0 Å². The monoisotopic (exact) mass is 188 g/mol. The number of rotatable bonds is 4. The third-order valence-corrected chi connectivity index (χ3v) is 2.12. The van der Waals surface area contributed by atoms with Crippen molar-refractivity contribution in [2.45, 2.75) is 32.8 Å². The molecule has 0 radical (unpaired) electrons. The molecule has 1 fully saturated rings. The first kappa shape index (κ1) is 10.3. The van der Waals surface area contributed by atoms with Crippen LogP contribution in [0.15, 0.2) is 0 Å². The summed E-state index contributed by atoms with van der Waals surface area (Å²) in [6.07, 6.45) is 1.06. The number of ether oxygens (including phenoxy) is 2. The molecule has 1 saturated carbocycles. The summed E-state index contributed by atoms with van der Waals surface area (Å²) in [5, 5.41) is 8.92. The highest BCUT2D eigenvalue weighted by Gasteiger charge is 2.43. The lowest BCUT2D eigenvalue weighted by molar-refractivity contribution is 0.0151. The molecule has 0 aromatic carbocycles. The van der Waals surface area contributed by atoms with E-state index in [9.17, 15) is 4.79 Å². The van der Waals surface area contributed by atoms with Crippen molar-refractivity contribution in [1.82, 2.24) is 0 Å². The Hall–Kier alpha value is -0.770. The van der Waals surface area contributed by atoms with Crippen molar-refractivity contribution in [2.24, 2.45) is 5.41 Å². The quantitative estimate of drug-likeness (QED) is 0.676. The molecule has 1 N–H and O–H groups in total.